The minimum absolute atomic E-state index is 0.286. The van der Waals surface area contributed by atoms with Gasteiger partial charge in [0.2, 0.25) is 0 Å². The van der Waals surface area contributed by atoms with E-state index in [0.717, 1.165) is 25.7 Å². The maximum absolute atomic E-state index is 13.5. The molecule has 0 saturated carbocycles. The van der Waals surface area contributed by atoms with Gasteiger partial charge in [-0.1, -0.05) is 24.6 Å². The highest BCUT2D eigenvalue weighted by atomic mass is 32.1. The first-order valence-corrected chi connectivity index (χ1v) is 9.74. The SMILES string of the molecule is O=C(COC(=O)c1cc2c(s1)CCCCC2)NCCc1ccccc1F. The van der Waals surface area contributed by atoms with Gasteiger partial charge in [0.25, 0.3) is 5.91 Å². The predicted molar refractivity (Wildman–Crippen MR) is 99.0 cm³/mol. The molecule has 1 heterocycles. The minimum atomic E-state index is -0.452. The van der Waals surface area contributed by atoms with Gasteiger partial charge in [0.05, 0.1) is 0 Å². The molecule has 0 radical (unpaired) electrons. The standard InChI is InChI=1S/C20H22FNO3S/c21-16-8-5-4-6-14(16)10-11-22-19(23)13-25-20(24)18-12-15-7-2-1-3-9-17(15)26-18/h4-6,8,12H,1-3,7,9-11,13H2,(H,22,23). The lowest BCUT2D eigenvalue weighted by atomic mass is 10.1. The molecule has 26 heavy (non-hydrogen) atoms. The van der Waals surface area contributed by atoms with Crippen LogP contribution in [0.4, 0.5) is 4.39 Å². The molecule has 1 amide bonds. The molecule has 0 saturated heterocycles. The Morgan fingerprint density at radius 3 is 2.81 bits per heavy atom. The van der Waals surface area contributed by atoms with Crippen molar-refractivity contribution in [1.29, 1.82) is 0 Å². The average molecular weight is 375 g/mol. The zero-order valence-corrected chi connectivity index (χ0v) is 15.4. The first kappa shape index (κ1) is 18.6. The van der Waals surface area contributed by atoms with E-state index in [9.17, 15) is 14.0 Å². The number of esters is 1. The van der Waals surface area contributed by atoms with Crippen molar-refractivity contribution in [2.75, 3.05) is 13.2 Å². The Hall–Kier alpha value is -2.21. The summed E-state index contributed by atoms with van der Waals surface area (Å²) >= 11 is 1.48. The van der Waals surface area contributed by atoms with E-state index in [-0.39, 0.29) is 18.3 Å². The number of thiophene rings is 1. The van der Waals surface area contributed by atoms with Crippen LogP contribution in [0.15, 0.2) is 30.3 Å². The van der Waals surface area contributed by atoms with Crippen molar-refractivity contribution in [2.24, 2.45) is 0 Å². The Labute approximate surface area is 156 Å². The molecule has 0 unspecified atom stereocenters. The van der Waals surface area contributed by atoms with Crippen molar-refractivity contribution < 1.29 is 18.7 Å². The molecule has 1 aliphatic rings. The number of aryl methyl sites for hydroxylation is 2. The monoisotopic (exact) mass is 375 g/mol. The topological polar surface area (TPSA) is 55.4 Å². The number of amides is 1. The number of halogens is 1. The van der Waals surface area contributed by atoms with Crippen LogP contribution >= 0.6 is 11.3 Å². The molecule has 6 heteroatoms. The van der Waals surface area contributed by atoms with Crippen LogP contribution in [0.3, 0.4) is 0 Å². The Bertz CT molecular complexity index is 764. The highest BCUT2D eigenvalue weighted by Gasteiger charge is 2.18. The molecular weight excluding hydrogens is 353 g/mol. The van der Waals surface area contributed by atoms with Crippen LogP contribution in [0.5, 0.6) is 0 Å². The molecule has 138 valence electrons. The number of hydrogen-bond donors (Lipinski definition) is 1. The van der Waals surface area contributed by atoms with Crippen molar-refractivity contribution in [1.82, 2.24) is 5.32 Å². The van der Waals surface area contributed by atoms with Crippen molar-refractivity contribution in [3.63, 3.8) is 0 Å². The van der Waals surface area contributed by atoms with Crippen molar-refractivity contribution in [3.8, 4) is 0 Å². The van der Waals surface area contributed by atoms with E-state index in [1.165, 1.54) is 34.3 Å². The van der Waals surface area contributed by atoms with E-state index < -0.39 is 5.97 Å². The summed E-state index contributed by atoms with van der Waals surface area (Å²) in [5, 5.41) is 2.64. The molecule has 1 aliphatic carbocycles. The second-order valence-corrected chi connectivity index (χ2v) is 7.52. The molecule has 0 aliphatic heterocycles. The number of ether oxygens (including phenoxy) is 1. The summed E-state index contributed by atoms with van der Waals surface area (Å²) in [5.74, 6) is -1.12. The Kier molecular flexibility index (Phi) is 6.39. The molecule has 1 N–H and O–H groups in total. The van der Waals surface area contributed by atoms with Crippen LogP contribution < -0.4 is 5.32 Å². The second kappa shape index (κ2) is 8.94. The molecule has 4 nitrogen and oxygen atoms in total. The van der Waals surface area contributed by atoms with Gasteiger partial charge >= 0.3 is 5.97 Å². The minimum Gasteiger partial charge on any atom is -0.451 e. The van der Waals surface area contributed by atoms with Crippen LogP contribution in [-0.2, 0) is 28.8 Å². The third-order valence-corrected chi connectivity index (χ3v) is 5.67. The number of carbonyl (C=O) groups is 2. The van der Waals surface area contributed by atoms with E-state index >= 15 is 0 Å². The maximum Gasteiger partial charge on any atom is 0.348 e. The van der Waals surface area contributed by atoms with E-state index in [2.05, 4.69) is 5.32 Å². The average Bonchev–Trinajstić information content (AvgIpc) is 2.92. The van der Waals surface area contributed by atoms with E-state index in [0.29, 0.717) is 23.4 Å². The zero-order chi connectivity index (χ0) is 18.4. The first-order valence-electron chi connectivity index (χ1n) is 8.92. The number of nitrogens with one attached hydrogen (secondary N) is 1. The number of benzene rings is 1. The van der Waals surface area contributed by atoms with Gasteiger partial charge in [-0.25, -0.2) is 9.18 Å². The van der Waals surface area contributed by atoms with Gasteiger partial charge in [-0.2, -0.15) is 0 Å². The fourth-order valence-corrected chi connectivity index (χ4v) is 4.21. The van der Waals surface area contributed by atoms with Gasteiger partial charge in [-0.15, -0.1) is 11.3 Å². The van der Waals surface area contributed by atoms with Gasteiger partial charge in [-0.05, 0) is 55.4 Å². The molecular formula is C20H22FNO3S. The van der Waals surface area contributed by atoms with Gasteiger partial charge in [0.15, 0.2) is 6.61 Å². The Balaban J connectivity index is 1.43. The van der Waals surface area contributed by atoms with Gasteiger partial charge in [0.1, 0.15) is 10.7 Å². The second-order valence-electron chi connectivity index (χ2n) is 6.39. The van der Waals surface area contributed by atoms with Gasteiger partial charge in [0, 0.05) is 11.4 Å². The number of fused-ring (bicyclic) bond motifs is 1. The number of rotatable bonds is 6. The molecule has 0 bridgehead atoms. The maximum atomic E-state index is 13.5. The summed E-state index contributed by atoms with van der Waals surface area (Å²) in [6.07, 6.45) is 5.97. The lowest BCUT2D eigenvalue weighted by Gasteiger charge is -2.06. The molecule has 0 spiro atoms. The number of carbonyl (C=O) groups excluding carboxylic acids is 2. The fourth-order valence-electron chi connectivity index (χ4n) is 3.06. The molecule has 2 aromatic rings. The summed E-state index contributed by atoms with van der Waals surface area (Å²) in [7, 11) is 0. The van der Waals surface area contributed by atoms with Crippen molar-refractivity contribution in [2.45, 2.75) is 38.5 Å². The molecule has 0 fully saturated rings. The van der Waals surface area contributed by atoms with Crippen molar-refractivity contribution >= 4 is 23.2 Å². The third kappa shape index (κ3) is 4.91. The first-order chi connectivity index (χ1) is 12.6. The summed E-state index contributed by atoms with van der Waals surface area (Å²) < 4.78 is 18.6. The summed E-state index contributed by atoms with van der Waals surface area (Å²) in [4.78, 5) is 25.8. The lowest BCUT2D eigenvalue weighted by Crippen LogP contribution is -2.30. The van der Waals surface area contributed by atoms with Crippen LogP contribution in [-0.4, -0.2) is 25.0 Å². The van der Waals surface area contributed by atoms with Crippen LogP contribution in [0.25, 0.3) is 0 Å². The molecule has 1 aromatic carbocycles. The van der Waals surface area contributed by atoms with E-state index in [4.69, 9.17) is 4.74 Å². The normalized spacial score (nSPS) is 13.6. The Morgan fingerprint density at radius 1 is 1.15 bits per heavy atom. The lowest BCUT2D eigenvalue weighted by molar-refractivity contribution is -0.124. The van der Waals surface area contributed by atoms with Gasteiger partial charge in [-0.3, -0.25) is 4.79 Å². The highest BCUT2D eigenvalue weighted by molar-refractivity contribution is 7.14. The fraction of sp³-hybridized carbons (Fsp3) is 0.400. The summed E-state index contributed by atoms with van der Waals surface area (Å²) in [6, 6.07) is 8.36. The quantitative estimate of drug-likeness (QED) is 0.619. The molecule has 0 atom stereocenters. The molecule has 3 rings (SSSR count). The highest BCUT2D eigenvalue weighted by Crippen LogP contribution is 2.29. The van der Waals surface area contributed by atoms with Crippen LogP contribution in [0.1, 0.15) is 44.9 Å². The van der Waals surface area contributed by atoms with Crippen molar-refractivity contribution in [3.05, 3.63) is 57.0 Å². The van der Waals surface area contributed by atoms with E-state index in [1.54, 1.807) is 18.2 Å². The largest absolute Gasteiger partial charge is 0.451 e. The summed E-state index contributed by atoms with van der Waals surface area (Å²) in [5.41, 5.74) is 1.79. The summed E-state index contributed by atoms with van der Waals surface area (Å²) in [6.45, 7) is -0.0245. The van der Waals surface area contributed by atoms with E-state index in [1.807, 2.05) is 6.07 Å². The van der Waals surface area contributed by atoms with Crippen LogP contribution in [0.2, 0.25) is 0 Å². The smallest absolute Gasteiger partial charge is 0.348 e. The van der Waals surface area contributed by atoms with Crippen LogP contribution in [0, 0.1) is 5.82 Å². The predicted octanol–water partition coefficient (Wildman–Crippen LogP) is 3.67. The molecule has 1 aromatic heterocycles. The Morgan fingerprint density at radius 2 is 1.96 bits per heavy atom. The number of hydrogen-bond acceptors (Lipinski definition) is 4. The zero-order valence-electron chi connectivity index (χ0n) is 14.6. The third-order valence-electron chi connectivity index (χ3n) is 4.46. The van der Waals surface area contributed by atoms with Gasteiger partial charge < -0.3 is 10.1 Å².